The average molecular weight is 522 g/mol. The van der Waals surface area contributed by atoms with Crippen LogP contribution in [-0.4, -0.2) is 54.9 Å². The fourth-order valence-electron chi connectivity index (χ4n) is 4.68. The molecule has 0 aliphatic carbocycles. The highest BCUT2D eigenvalue weighted by atomic mass is 19.1. The number of nitrogens with one attached hydrogen (secondary N) is 1. The molecule has 0 radical (unpaired) electrons. The van der Waals surface area contributed by atoms with E-state index < -0.39 is 23.5 Å². The summed E-state index contributed by atoms with van der Waals surface area (Å²) in [5.74, 6) is -1.71. The van der Waals surface area contributed by atoms with Gasteiger partial charge in [-0.05, 0) is 44.5 Å². The van der Waals surface area contributed by atoms with Gasteiger partial charge in [0.15, 0.2) is 11.6 Å². The molecule has 0 saturated heterocycles. The maximum atomic E-state index is 15.0. The van der Waals surface area contributed by atoms with E-state index in [4.69, 9.17) is 0 Å². The molecule has 4 aromatic rings. The first-order valence-corrected chi connectivity index (χ1v) is 12.0. The number of aromatic nitrogens is 5. The number of fused-ring (bicyclic) bond motifs is 2. The predicted molar refractivity (Wildman–Crippen MR) is 134 cm³/mol. The summed E-state index contributed by atoms with van der Waals surface area (Å²) in [5.41, 5.74) is 2.51. The van der Waals surface area contributed by atoms with E-state index in [1.165, 1.54) is 11.0 Å². The number of aryl methyl sites for hydroxylation is 1. The Morgan fingerprint density at radius 3 is 2.63 bits per heavy atom. The minimum atomic E-state index is -0.910. The molecule has 0 saturated carbocycles. The van der Waals surface area contributed by atoms with Gasteiger partial charge in [-0.3, -0.25) is 4.79 Å². The number of halogens is 2. The highest BCUT2D eigenvalue weighted by Gasteiger charge is 2.27. The number of ether oxygens (including phenoxy) is 1. The Kier molecular flexibility index (Phi) is 6.47. The van der Waals surface area contributed by atoms with Gasteiger partial charge in [0, 0.05) is 36.8 Å². The Morgan fingerprint density at radius 1 is 1.11 bits per heavy atom. The van der Waals surface area contributed by atoms with E-state index in [1.807, 2.05) is 18.4 Å². The molecule has 0 fully saturated rings. The maximum Gasteiger partial charge on any atom is 0.396 e. The summed E-state index contributed by atoms with van der Waals surface area (Å²) in [4.78, 5) is 42.3. The average Bonchev–Trinajstić information content (AvgIpc) is 3.25. The number of hydrogen-bond donors (Lipinski definition) is 1. The molecule has 38 heavy (non-hydrogen) atoms. The van der Waals surface area contributed by atoms with E-state index in [9.17, 15) is 18.4 Å². The normalized spacial score (nSPS) is 13.1. The number of imidazole rings is 1. The zero-order chi connectivity index (χ0) is 27.1. The summed E-state index contributed by atoms with van der Waals surface area (Å²) < 4.78 is 36.2. The number of nitrogens with zero attached hydrogens (tertiary/aromatic N) is 6. The Bertz CT molecular complexity index is 1590. The Balaban J connectivity index is 1.42. The van der Waals surface area contributed by atoms with Crippen LogP contribution < -0.4 is 5.32 Å². The lowest BCUT2D eigenvalue weighted by Crippen LogP contribution is -2.40. The van der Waals surface area contributed by atoms with Crippen molar-refractivity contribution in [1.29, 1.82) is 0 Å². The molecule has 4 heterocycles. The van der Waals surface area contributed by atoms with Crippen molar-refractivity contribution in [3.8, 4) is 11.3 Å². The minimum Gasteiger partial charge on any atom is -0.462 e. The van der Waals surface area contributed by atoms with E-state index >= 15 is 0 Å². The molecule has 1 amide bonds. The smallest absolute Gasteiger partial charge is 0.396 e. The lowest BCUT2D eigenvalue weighted by molar-refractivity contribution is -0.158. The van der Waals surface area contributed by atoms with Gasteiger partial charge >= 0.3 is 11.9 Å². The van der Waals surface area contributed by atoms with Crippen LogP contribution in [0.15, 0.2) is 30.5 Å². The molecule has 3 aromatic heterocycles. The number of amides is 1. The van der Waals surface area contributed by atoms with E-state index in [0.29, 0.717) is 30.1 Å². The lowest BCUT2D eigenvalue weighted by atomic mass is 10.1. The molecule has 1 aliphatic heterocycles. The number of carbonyl (C=O) groups excluding carboxylic acids is 2. The molecule has 0 bridgehead atoms. The fourth-order valence-corrected chi connectivity index (χ4v) is 4.68. The first-order valence-electron chi connectivity index (χ1n) is 12.0. The molecule has 1 aliphatic rings. The minimum absolute atomic E-state index is 0.0304. The van der Waals surface area contributed by atoms with Gasteiger partial charge in [-0.2, -0.15) is 0 Å². The van der Waals surface area contributed by atoms with E-state index in [2.05, 4.69) is 30.0 Å². The molecular weight excluding hydrogens is 496 g/mol. The first-order chi connectivity index (χ1) is 18.2. The third-order valence-corrected chi connectivity index (χ3v) is 6.39. The fraction of sp³-hybridized carbons (Fsp3) is 0.308. The molecule has 1 aromatic carbocycles. The standard InChI is InChI=1S/C26H25F2N7O3/c1-13(2)35-14(3)30-23-17(27)9-16(10-20(23)35)22-18(28)11-29-26(33-22)32-21-6-5-15-12-34(8-7-19(15)31-21)24(36)25(37)38-4/h5-6,9-11,13H,7-8,12H2,1-4H3,(H,29,31,32,33). The van der Waals surface area contributed by atoms with Gasteiger partial charge in [0.05, 0.1) is 18.8 Å². The number of hydrogen-bond acceptors (Lipinski definition) is 8. The summed E-state index contributed by atoms with van der Waals surface area (Å²) in [6.45, 7) is 6.27. The number of pyridine rings is 1. The SMILES string of the molecule is COC(=O)C(=O)N1CCc2nc(Nc3ncc(F)c(-c4cc(F)c5nc(C)n(C(C)C)c5c4)n3)ccc2C1. The van der Waals surface area contributed by atoms with E-state index in [-0.39, 0.29) is 35.3 Å². The van der Waals surface area contributed by atoms with Gasteiger partial charge in [0.1, 0.15) is 22.9 Å². The summed E-state index contributed by atoms with van der Waals surface area (Å²) in [6.07, 6.45) is 1.46. The summed E-state index contributed by atoms with van der Waals surface area (Å²) >= 11 is 0. The second-order valence-electron chi connectivity index (χ2n) is 9.23. The number of esters is 1. The number of methoxy groups -OCH3 is 1. The van der Waals surface area contributed by atoms with Crippen LogP contribution in [0.25, 0.3) is 22.3 Å². The third-order valence-electron chi connectivity index (χ3n) is 6.39. The lowest BCUT2D eigenvalue weighted by Gasteiger charge is -2.27. The van der Waals surface area contributed by atoms with Crippen LogP contribution in [0.2, 0.25) is 0 Å². The zero-order valence-corrected chi connectivity index (χ0v) is 21.2. The van der Waals surface area contributed by atoms with Crippen LogP contribution in [0.5, 0.6) is 0 Å². The van der Waals surface area contributed by atoms with Gasteiger partial charge < -0.3 is 19.5 Å². The summed E-state index contributed by atoms with van der Waals surface area (Å²) in [5, 5.41) is 2.97. The van der Waals surface area contributed by atoms with Crippen LogP contribution in [-0.2, 0) is 27.3 Å². The summed E-state index contributed by atoms with van der Waals surface area (Å²) in [7, 11) is 1.16. The molecule has 0 atom stereocenters. The van der Waals surface area contributed by atoms with Gasteiger partial charge in [-0.1, -0.05) is 6.07 Å². The topological polar surface area (TPSA) is 115 Å². The predicted octanol–water partition coefficient (Wildman–Crippen LogP) is 3.86. The Morgan fingerprint density at radius 2 is 1.89 bits per heavy atom. The highest BCUT2D eigenvalue weighted by Crippen LogP contribution is 2.30. The van der Waals surface area contributed by atoms with Crippen molar-refractivity contribution in [3.63, 3.8) is 0 Å². The number of carbonyl (C=O) groups is 2. The van der Waals surface area contributed by atoms with Crippen molar-refractivity contribution in [3.05, 3.63) is 59.2 Å². The van der Waals surface area contributed by atoms with E-state index in [1.54, 1.807) is 25.1 Å². The molecule has 10 nitrogen and oxygen atoms in total. The molecule has 1 N–H and O–H groups in total. The third kappa shape index (κ3) is 4.53. The van der Waals surface area contributed by atoms with Crippen LogP contribution in [0.3, 0.4) is 0 Å². The largest absolute Gasteiger partial charge is 0.462 e. The number of rotatable bonds is 4. The van der Waals surface area contributed by atoms with Crippen molar-refractivity contribution in [2.75, 3.05) is 19.0 Å². The quantitative estimate of drug-likeness (QED) is 0.318. The van der Waals surface area contributed by atoms with Gasteiger partial charge in [-0.25, -0.2) is 33.5 Å². The van der Waals surface area contributed by atoms with Crippen molar-refractivity contribution >= 4 is 34.7 Å². The maximum absolute atomic E-state index is 15.0. The molecule has 12 heteroatoms. The van der Waals surface area contributed by atoms with Crippen LogP contribution in [0.4, 0.5) is 20.5 Å². The molecule has 0 unspecified atom stereocenters. The monoisotopic (exact) mass is 521 g/mol. The summed E-state index contributed by atoms with van der Waals surface area (Å²) in [6, 6.07) is 6.37. The van der Waals surface area contributed by atoms with E-state index in [0.717, 1.165) is 24.6 Å². The van der Waals surface area contributed by atoms with Gasteiger partial charge in [0.25, 0.3) is 0 Å². The Hall–Kier alpha value is -4.48. The van der Waals surface area contributed by atoms with Crippen molar-refractivity contribution in [2.24, 2.45) is 0 Å². The van der Waals surface area contributed by atoms with Crippen molar-refractivity contribution < 1.29 is 23.1 Å². The van der Waals surface area contributed by atoms with Crippen LogP contribution in [0.1, 0.15) is 37.0 Å². The van der Waals surface area contributed by atoms with Crippen LogP contribution in [0, 0.1) is 18.6 Å². The zero-order valence-electron chi connectivity index (χ0n) is 21.2. The molecule has 0 spiro atoms. The highest BCUT2D eigenvalue weighted by molar-refractivity contribution is 6.32. The first kappa shape index (κ1) is 25.2. The van der Waals surface area contributed by atoms with Gasteiger partial charge in [0.2, 0.25) is 5.95 Å². The van der Waals surface area contributed by atoms with Crippen molar-refractivity contribution in [1.82, 2.24) is 29.4 Å². The van der Waals surface area contributed by atoms with Crippen molar-refractivity contribution in [2.45, 2.75) is 39.8 Å². The molecular formula is C26H25F2N7O3. The molecule has 196 valence electrons. The molecule has 5 rings (SSSR count). The Labute approximate surface area is 216 Å². The van der Waals surface area contributed by atoms with Gasteiger partial charge in [-0.15, -0.1) is 0 Å². The second kappa shape index (κ2) is 9.77. The number of benzene rings is 1. The van der Waals surface area contributed by atoms with Crippen LogP contribution >= 0.6 is 0 Å². The second-order valence-corrected chi connectivity index (χ2v) is 9.23. The number of anilines is 2.